The summed E-state index contributed by atoms with van der Waals surface area (Å²) in [6, 6.07) is 13.6. The third-order valence-electron chi connectivity index (χ3n) is 5.05. The van der Waals surface area contributed by atoms with Crippen LogP contribution in [0.5, 0.6) is 0 Å². The second-order valence-corrected chi connectivity index (χ2v) is 6.92. The van der Waals surface area contributed by atoms with Crippen LogP contribution in [0.2, 0.25) is 0 Å². The molecule has 1 N–H and O–H groups in total. The van der Waals surface area contributed by atoms with Crippen LogP contribution in [0.1, 0.15) is 23.0 Å². The summed E-state index contributed by atoms with van der Waals surface area (Å²) in [7, 11) is 0. The van der Waals surface area contributed by atoms with E-state index >= 15 is 0 Å². The van der Waals surface area contributed by atoms with Crippen LogP contribution in [0.25, 0.3) is 10.9 Å². The maximum Gasteiger partial charge on any atom is 0.289 e. The van der Waals surface area contributed by atoms with Crippen LogP contribution in [-0.4, -0.2) is 59.4 Å². The van der Waals surface area contributed by atoms with Crippen molar-refractivity contribution in [2.45, 2.75) is 13.5 Å². The molecule has 1 saturated heterocycles. The van der Waals surface area contributed by atoms with Gasteiger partial charge in [0, 0.05) is 44.3 Å². The van der Waals surface area contributed by atoms with Crippen LogP contribution in [0, 0.1) is 0 Å². The van der Waals surface area contributed by atoms with Gasteiger partial charge in [-0.25, -0.2) is 4.99 Å². The van der Waals surface area contributed by atoms with Gasteiger partial charge in [0.15, 0.2) is 11.7 Å². The Labute approximate surface area is 170 Å². The molecule has 0 atom stereocenters. The topological polar surface area (TPSA) is 74.0 Å². The maximum atomic E-state index is 12.5. The fourth-order valence-corrected chi connectivity index (χ4v) is 3.56. The summed E-state index contributed by atoms with van der Waals surface area (Å²) in [6.45, 7) is 6.14. The standard InChI is InChI=1S/C22H25N5O2/c1-2-23-22(25-16-18-7-3-6-17-8-4-10-24-20(17)18)27-13-11-26(12-14-27)21(28)19-9-5-15-29-19/h3-10,15H,2,11-14,16H2,1H3,(H,23,25). The van der Waals surface area contributed by atoms with Gasteiger partial charge in [-0.2, -0.15) is 0 Å². The number of carbonyl (C=O) groups is 1. The Morgan fingerprint density at radius 2 is 1.90 bits per heavy atom. The van der Waals surface area contributed by atoms with Crippen molar-refractivity contribution in [1.29, 1.82) is 0 Å². The first-order chi connectivity index (χ1) is 14.3. The Hall–Kier alpha value is -3.35. The molecule has 4 rings (SSSR count). The summed E-state index contributed by atoms with van der Waals surface area (Å²) in [5.74, 6) is 1.20. The molecule has 1 aliphatic rings. The molecule has 1 aromatic carbocycles. The lowest BCUT2D eigenvalue weighted by molar-refractivity contribution is 0.0657. The number of hydrogen-bond donors (Lipinski definition) is 1. The third-order valence-corrected chi connectivity index (χ3v) is 5.05. The van der Waals surface area contributed by atoms with Gasteiger partial charge in [0.1, 0.15) is 0 Å². The Balaban J connectivity index is 1.44. The molecule has 7 heteroatoms. The van der Waals surface area contributed by atoms with E-state index in [1.54, 1.807) is 12.1 Å². The number of aromatic nitrogens is 1. The summed E-state index contributed by atoms with van der Waals surface area (Å²) in [6.07, 6.45) is 3.34. The van der Waals surface area contributed by atoms with Crippen molar-refractivity contribution in [2.75, 3.05) is 32.7 Å². The van der Waals surface area contributed by atoms with E-state index in [4.69, 9.17) is 9.41 Å². The first-order valence-corrected chi connectivity index (χ1v) is 9.95. The summed E-state index contributed by atoms with van der Waals surface area (Å²) in [4.78, 5) is 25.9. The second-order valence-electron chi connectivity index (χ2n) is 6.92. The molecule has 0 saturated carbocycles. The molecule has 3 heterocycles. The quantitative estimate of drug-likeness (QED) is 0.547. The highest BCUT2D eigenvalue weighted by atomic mass is 16.3. The number of hydrogen-bond acceptors (Lipinski definition) is 4. The lowest BCUT2D eigenvalue weighted by Gasteiger charge is -2.36. The fourth-order valence-electron chi connectivity index (χ4n) is 3.56. The van der Waals surface area contributed by atoms with E-state index in [9.17, 15) is 4.79 Å². The molecule has 2 aromatic heterocycles. The number of furan rings is 1. The first kappa shape index (κ1) is 19.0. The van der Waals surface area contributed by atoms with Gasteiger partial charge in [0.05, 0.1) is 18.3 Å². The zero-order chi connectivity index (χ0) is 20.1. The Kier molecular flexibility index (Phi) is 5.74. The number of rotatable bonds is 4. The number of fused-ring (bicyclic) bond motifs is 1. The van der Waals surface area contributed by atoms with Crippen molar-refractivity contribution in [3.8, 4) is 0 Å². The SMILES string of the molecule is CCNC(=NCc1cccc2cccnc12)N1CCN(C(=O)c2ccco2)CC1. The van der Waals surface area contributed by atoms with E-state index in [-0.39, 0.29) is 5.91 Å². The Bertz CT molecular complexity index is 986. The van der Waals surface area contributed by atoms with Gasteiger partial charge in [0.25, 0.3) is 5.91 Å². The molecule has 1 aliphatic heterocycles. The van der Waals surface area contributed by atoms with Gasteiger partial charge in [-0.05, 0) is 30.7 Å². The molecule has 0 unspecified atom stereocenters. The minimum absolute atomic E-state index is 0.0570. The molecule has 29 heavy (non-hydrogen) atoms. The van der Waals surface area contributed by atoms with Gasteiger partial charge in [-0.15, -0.1) is 0 Å². The fraction of sp³-hybridized carbons (Fsp3) is 0.318. The lowest BCUT2D eigenvalue weighted by atomic mass is 10.1. The van der Waals surface area contributed by atoms with Gasteiger partial charge in [-0.1, -0.05) is 24.3 Å². The van der Waals surface area contributed by atoms with Gasteiger partial charge < -0.3 is 19.5 Å². The number of aliphatic imine (C=N–C) groups is 1. The molecule has 0 aliphatic carbocycles. The van der Waals surface area contributed by atoms with E-state index in [1.165, 1.54) is 6.26 Å². The number of piperazine rings is 1. The van der Waals surface area contributed by atoms with Gasteiger partial charge >= 0.3 is 0 Å². The number of pyridine rings is 1. The molecular formula is C22H25N5O2. The largest absolute Gasteiger partial charge is 0.459 e. The second kappa shape index (κ2) is 8.77. The minimum atomic E-state index is -0.0570. The van der Waals surface area contributed by atoms with E-state index in [0.717, 1.165) is 42.1 Å². The van der Waals surface area contributed by atoms with Crippen molar-refractivity contribution in [3.05, 3.63) is 66.2 Å². The average Bonchev–Trinajstić information content (AvgIpc) is 3.31. The van der Waals surface area contributed by atoms with Crippen LogP contribution >= 0.6 is 0 Å². The van der Waals surface area contributed by atoms with E-state index in [2.05, 4.69) is 40.3 Å². The smallest absolute Gasteiger partial charge is 0.289 e. The molecule has 0 radical (unpaired) electrons. The number of para-hydroxylation sites is 1. The zero-order valence-electron chi connectivity index (χ0n) is 16.5. The number of nitrogens with zero attached hydrogens (tertiary/aromatic N) is 4. The maximum absolute atomic E-state index is 12.5. The number of benzene rings is 1. The highest BCUT2D eigenvalue weighted by molar-refractivity contribution is 5.91. The van der Waals surface area contributed by atoms with Gasteiger partial charge in [0.2, 0.25) is 0 Å². The Morgan fingerprint density at radius 3 is 2.66 bits per heavy atom. The number of carbonyl (C=O) groups excluding carboxylic acids is 1. The van der Waals surface area contributed by atoms with Crippen LogP contribution in [0.15, 0.2) is 64.3 Å². The zero-order valence-corrected chi connectivity index (χ0v) is 16.5. The molecule has 1 fully saturated rings. The van der Waals surface area contributed by atoms with Crippen molar-refractivity contribution < 1.29 is 9.21 Å². The van der Waals surface area contributed by atoms with E-state index < -0.39 is 0 Å². The normalized spacial score (nSPS) is 15.0. The highest BCUT2D eigenvalue weighted by Gasteiger charge is 2.25. The van der Waals surface area contributed by atoms with Crippen LogP contribution in [0.4, 0.5) is 0 Å². The number of nitrogens with one attached hydrogen (secondary N) is 1. The molecule has 0 bridgehead atoms. The van der Waals surface area contributed by atoms with Crippen molar-refractivity contribution >= 4 is 22.8 Å². The number of amides is 1. The molecule has 1 amide bonds. The molecular weight excluding hydrogens is 366 g/mol. The summed E-state index contributed by atoms with van der Waals surface area (Å²) >= 11 is 0. The number of guanidine groups is 1. The summed E-state index contributed by atoms with van der Waals surface area (Å²) in [5, 5.41) is 4.50. The lowest BCUT2D eigenvalue weighted by Crippen LogP contribution is -2.53. The molecule has 3 aromatic rings. The van der Waals surface area contributed by atoms with Crippen LogP contribution in [0.3, 0.4) is 0 Å². The van der Waals surface area contributed by atoms with Crippen molar-refractivity contribution in [1.82, 2.24) is 20.1 Å². The highest BCUT2D eigenvalue weighted by Crippen LogP contribution is 2.17. The Morgan fingerprint density at radius 1 is 1.10 bits per heavy atom. The first-order valence-electron chi connectivity index (χ1n) is 9.95. The predicted octanol–water partition coefficient (Wildman–Crippen LogP) is 2.75. The molecule has 150 valence electrons. The van der Waals surface area contributed by atoms with Crippen LogP contribution in [-0.2, 0) is 6.54 Å². The third kappa shape index (κ3) is 4.23. The summed E-state index contributed by atoms with van der Waals surface area (Å²) in [5.41, 5.74) is 2.09. The minimum Gasteiger partial charge on any atom is -0.459 e. The van der Waals surface area contributed by atoms with Crippen molar-refractivity contribution in [3.63, 3.8) is 0 Å². The molecule has 7 nitrogen and oxygen atoms in total. The van der Waals surface area contributed by atoms with Crippen LogP contribution < -0.4 is 5.32 Å². The molecule has 0 spiro atoms. The van der Waals surface area contributed by atoms with E-state index in [1.807, 2.05) is 23.2 Å². The van der Waals surface area contributed by atoms with E-state index in [0.29, 0.717) is 25.4 Å². The average molecular weight is 391 g/mol. The van der Waals surface area contributed by atoms with Crippen molar-refractivity contribution in [2.24, 2.45) is 4.99 Å². The monoisotopic (exact) mass is 391 g/mol. The summed E-state index contributed by atoms with van der Waals surface area (Å²) < 4.78 is 5.24. The van der Waals surface area contributed by atoms with Gasteiger partial charge in [-0.3, -0.25) is 9.78 Å². The predicted molar refractivity (Wildman–Crippen MR) is 113 cm³/mol.